The van der Waals surface area contributed by atoms with Gasteiger partial charge in [0.05, 0.1) is 61.2 Å². The Morgan fingerprint density at radius 2 is 1.71 bits per heavy atom. The van der Waals surface area contributed by atoms with Crippen molar-refractivity contribution >= 4 is 109 Å². The van der Waals surface area contributed by atoms with Crippen LogP contribution in [0.15, 0.2) is 54.1 Å². The molecule has 2 aromatic carbocycles. The van der Waals surface area contributed by atoms with Crippen molar-refractivity contribution < 1.29 is 89.8 Å². The summed E-state index contributed by atoms with van der Waals surface area (Å²) in [4.78, 5) is 122. The van der Waals surface area contributed by atoms with Crippen LogP contribution in [-0.2, 0) is 65.0 Å². The zero-order chi connectivity index (χ0) is 67.9. The summed E-state index contributed by atoms with van der Waals surface area (Å²) in [5, 5.41) is 25.4. The molecule has 0 radical (unpaired) electrons. The summed E-state index contributed by atoms with van der Waals surface area (Å²) in [6.45, 7) is 9.68. The van der Waals surface area contributed by atoms with Gasteiger partial charge in [-0.1, -0.05) is 88.0 Å². The number of hydrogen-bond donors (Lipinski definition) is 7. The number of nitrogens with two attached hydrogens (primary N) is 1. The number of nitrogens with one attached hydrogen (secondary N) is 5. The Balaban J connectivity index is 1.39. The molecule has 0 aromatic heterocycles. The molecule has 5 rings (SSSR count). The quantitative estimate of drug-likeness (QED) is 0.0124. The van der Waals surface area contributed by atoms with Gasteiger partial charge in [-0.3, -0.25) is 34.6 Å². The third kappa shape index (κ3) is 20.1. The number of aliphatic hydroxyl groups is 1. The SMILES string of the molecule is COc1cc2cc(c1Cl)N(C)C(=O)C[C@H](OC(=O)[C@H](C)N(C)C(=O)c1ccc(NC(=O)[C@H](CCCNC(N)=O)NC(=O)[C@@H](NC(C=O)CCCCOC(=O)C(CBr)CBr)C(C)C)c(C(F)(F)F)c1)[C@]1(C)O[C@H]1[C@H](C)[C@@H]1C[C@@](O)(NC(=O)O1)[C@H](OC)/C=C/C=C(\C)C2. The summed E-state index contributed by atoms with van der Waals surface area (Å²) in [7, 11) is 5.36. The van der Waals surface area contributed by atoms with Crippen molar-refractivity contribution in [3.8, 4) is 5.75 Å². The number of carbonyl (C=O) groups excluding carboxylic acids is 9. The maximum atomic E-state index is 15.1. The number of methoxy groups -OCH3 is 2. The maximum Gasteiger partial charge on any atom is 0.418 e. The summed E-state index contributed by atoms with van der Waals surface area (Å²) in [6, 6.07) is -0.271. The Bertz CT molecular complexity index is 3030. The first-order valence-electron chi connectivity index (χ1n) is 29.5. The van der Waals surface area contributed by atoms with Crippen molar-refractivity contribution in [2.75, 3.05) is 62.3 Å². The number of likely N-dealkylation sites (N-methyl/N-ethyl adjacent to an activating group) is 1. The van der Waals surface area contributed by atoms with Crippen LogP contribution < -0.4 is 42.0 Å². The molecular weight excluding hydrogens is 1350 g/mol. The molecule has 0 saturated carbocycles. The summed E-state index contributed by atoms with van der Waals surface area (Å²) >= 11 is 13.3. The van der Waals surface area contributed by atoms with E-state index in [9.17, 15) is 48.3 Å². The normalized spacial score (nSPS) is 24.1. The summed E-state index contributed by atoms with van der Waals surface area (Å²) < 4.78 is 79.9. The number of carbonyl (C=O) groups is 9. The van der Waals surface area contributed by atoms with Crippen LogP contribution in [-0.4, -0.2) is 176 Å². The van der Waals surface area contributed by atoms with Crippen LogP contribution in [0.1, 0.15) is 108 Å². The molecule has 2 aromatic rings. The summed E-state index contributed by atoms with van der Waals surface area (Å²) in [5.41, 5.74) is 0.596. The standard InChI is InChI=1S/C61H82Br2ClF3N8O16/c1-32(2)50(70-39(31-76)16-11-12-22-88-56(82)38(29-62)30-63)53(79)72-42(17-14-21-69-57(68)83)52(78)71-41-20-19-37(26-40(41)61(65,66)67)54(80)74(7)35(5)55(81)90-47-27-48(77)75(8)43-24-36(25-44(86-9)49(43)64)23-33(3)15-13-18-46(87-10)60(85)28-45(89-58(84)73-60)34(4)51-59(47,6)91-51/h13,15,18-20,24-26,31-32,34-35,38-39,42,45-47,50-51,70,85H,11-12,14,16-17,21-23,27-30H2,1-10H3,(H,71,78)(H,72,79)(H,73,84)(H3,68,69,83)/b18-13+,33-15+/t34-,35+,39?,42+,45+,46-,47+,50+,51+,59+,60+/m1/s1. The van der Waals surface area contributed by atoms with Crippen molar-refractivity contribution in [1.29, 1.82) is 0 Å². The predicted molar refractivity (Wildman–Crippen MR) is 337 cm³/mol. The van der Waals surface area contributed by atoms with Crippen molar-refractivity contribution in [3.63, 3.8) is 0 Å². The molecule has 24 nitrogen and oxygen atoms in total. The third-order valence-electron chi connectivity index (χ3n) is 16.2. The molecule has 91 heavy (non-hydrogen) atoms. The highest BCUT2D eigenvalue weighted by molar-refractivity contribution is 9.09. The number of unbranched alkanes of at least 4 members (excludes halogenated alkanes) is 1. The van der Waals surface area contributed by atoms with E-state index in [0.717, 1.165) is 29.7 Å². The van der Waals surface area contributed by atoms with Crippen molar-refractivity contribution in [2.45, 2.75) is 159 Å². The molecule has 11 atom stereocenters. The van der Waals surface area contributed by atoms with Crippen LogP contribution >= 0.6 is 43.5 Å². The number of anilines is 2. The summed E-state index contributed by atoms with van der Waals surface area (Å²) in [5.74, 6) is -6.51. The monoisotopic (exact) mass is 1430 g/mol. The highest BCUT2D eigenvalue weighted by Crippen LogP contribution is 2.49. The van der Waals surface area contributed by atoms with E-state index in [4.69, 9.17) is 45.8 Å². The van der Waals surface area contributed by atoms with Crippen LogP contribution in [0.4, 0.5) is 34.1 Å². The number of alkyl halides is 5. The lowest BCUT2D eigenvalue weighted by molar-refractivity contribution is -0.158. The zero-order valence-corrected chi connectivity index (χ0v) is 56.3. The van der Waals surface area contributed by atoms with Gasteiger partial charge in [-0.05, 0) is 101 Å². The van der Waals surface area contributed by atoms with Gasteiger partial charge in [0.1, 0.15) is 53.1 Å². The predicted octanol–water partition coefficient (Wildman–Crippen LogP) is 7.02. The molecule has 2 saturated heterocycles. The number of fused-ring (bicyclic) bond motifs is 5. The number of urea groups is 1. The van der Waals surface area contributed by atoms with Gasteiger partial charge in [0.25, 0.3) is 5.91 Å². The molecule has 30 heteroatoms. The first kappa shape index (κ1) is 75.4. The van der Waals surface area contributed by atoms with Gasteiger partial charge < -0.3 is 69.8 Å². The van der Waals surface area contributed by atoms with Crippen molar-refractivity contribution in [2.24, 2.45) is 23.5 Å². The minimum atomic E-state index is -5.22. The fourth-order valence-electron chi connectivity index (χ4n) is 10.6. The number of allylic oxidation sites excluding steroid dienone is 3. The van der Waals surface area contributed by atoms with Gasteiger partial charge >= 0.3 is 30.2 Å². The van der Waals surface area contributed by atoms with E-state index in [1.54, 1.807) is 58.1 Å². The van der Waals surface area contributed by atoms with Gasteiger partial charge in [-0.25, -0.2) is 14.4 Å². The van der Waals surface area contributed by atoms with E-state index in [1.165, 1.54) is 33.1 Å². The topological polar surface area (TPSA) is 325 Å². The Kier molecular flexibility index (Phi) is 27.7. The highest BCUT2D eigenvalue weighted by atomic mass is 79.9. The lowest BCUT2D eigenvalue weighted by Gasteiger charge is -2.42. The number of nitrogens with zero attached hydrogens (tertiary/aromatic N) is 2. The minimum Gasteiger partial charge on any atom is -0.495 e. The third-order valence-corrected chi connectivity index (χ3v) is 18.2. The van der Waals surface area contributed by atoms with E-state index in [-0.39, 0.29) is 61.2 Å². The number of primary amides is 1. The van der Waals surface area contributed by atoms with E-state index >= 15 is 13.2 Å². The number of epoxide rings is 1. The zero-order valence-electron chi connectivity index (χ0n) is 52.3. The fourth-order valence-corrected chi connectivity index (χ4v) is 12.5. The maximum absolute atomic E-state index is 15.1. The molecule has 8 N–H and O–H groups in total. The van der Waals surface area contributed by atoms with Crippen LogP contribution in [0.25, 0.3) is 0 Å². The first-order valence-corrected chi connectivity index (χ1v) is 32.1. The molecule has 4 bridgehead atoms. The van der Waals surface area contributed by atoms with Gasteiger partial charge in [-0.2, -0.15) is 13.2 Å². The summed E-state index contributed by atoms with van der Waals surface area (Å²) in [6.07, 6.45) is -4.60. The number of benzene rings is 2. The number of amides is 7. The number of hydrogen-bond acceptors (Lipinski definition) is 17. The van der Waals surface area contributed by atoms with E-state index in [2.05, 4.69) is 58.4 Å². The van der Waals surface area contributed by atoms with Crippen LogP contribution in [0, 0.1) is 17.8 Å². The molecule has 3 heterocycles. The Morgan fingerprint density at radius 3 is 2.33 bits per heavy atom. The number of ether oxygens (including phenoxy) is 6. The lowest BCUT2D eigenvalue weighted by Crippen LogP contribution is -2.63. The fraction of sp³-hybridized carbons (Fsp3) is 0.590. The number of rotatable bonds is 26. The van der Waals surface area contributed by atoms with Gasteiger partial charge in [-0.15, -0.1) is 0 Å². The second-order valence-corrected chi connectivity index (χ2v) is 25.0. The van der Waals surface area contributed by atoms with Gasteiger partial charge in [0.15, 0.2) is 5.72 Å². The number of halogens is 6. The van der Waals surface area contributed by atoms with Crippen molar-refractivity contribution in [3.05, 3.63) is 75.8 Å². The second-order valence-electron chi connectivity index (χ2n) is 23.4. The molecule has 7 amide bonds. The second kappa shape index (κ2) is 33.5. The Labute approximate surface area is 548 Å². The largest absolute Gasteiger partial charge is 0.495 e. The molecule has 504 valence electrons. The molecule has 3 aliphatic heterocycles. The number of aldehydes is 1. The van der Waals surface area contributed by atoms with Gasteiger partial charge in [0, 0.05) is 56.3 Å². The van der Waals surface area contributed by atoms with Crippen LogP contribution in [0.3, 0.4) is 0 Å². The van der Waals surface area contributed by atoms with Crippen LogP contribution in [0.2, 0.25) is 5.02 Å². The molecule has 2 fully saturated rings. The van der Waals surface area contributed by atoms with E-state index in [1.807, 2.05) is 6.92 Å². The molecule has 3 aliphatic rings. The average molecular weight is 1440 g/mol. The molecule has 0 spiro atoms. The molecular formula is C61H82Br2ClF3N8O16. The minimum absolute atomic E-state index is 0.00662. The average Bonchev–Trinajstić information content (AvgIpc) is 1.58. The molecule has 1 unspecified atom stereocenters. The van der Waals surface area contributed by atoms with E-state index in [0.29, 0.717) is 47.8 Å². The molecule has 0 aliphatic carbocycles. The first-order chi connectivity index (χ1) is 42.8. The van der Waals surface area contributed by atoms with E-state index < -0.39 is 149 Å². The lowest BCUT2D eigenvalue weighted by atomic mass is 9.83. The highest BCUT2D eigenvalue weighted by Gasteiger charge is 2.64. The Morgan fingerprint density at radius 1 is 1.02 bits per heavy atom. The smallest absolute Gasteiger partial charge is 0.418 e. The van der Waals surface area contributed by atoms with Gasteiger partial charge in [0.2, 0.25) is 17.7 Å². The number of esters is 2. The van der Waals surface area contributed by atoms with Crippen LogP contribution in [0.5, 0.6) is 5.75 Å². The van der Waals surface area contributed by atoms with Crippen molar-refractivity contribution in [1.82, 2.24) is 26.2 Å². The number of alkyl carbamates (subject to hydrolysis) is 1. The Hall–Kier alpha value is -6.37.